The van der Waals surface area contributed by atoms with E-state index in [0.29, 0.717) is 24.6 Å². The van der Waals surface area contributed by atoms with Crippen molar-refractivity contribution < 1.29 is 18.8 Å². The topological polar surface area (TPSA) is 97.6 Å². The number of nitrogens with one attached hydrogen (secondary N) is 1. The first-order chi connectivity index (χ1) is 12.0. The molecule has 0 saturated heterocycles. The zero-order valence-electron chi connectivity index (χ0n) is 16.3. The third-order valence-corrected chi connectivity index (χ3v) is 3.65. The summed E-state index contributed by atoms with van der Waals surface area (Å²) in [5, 5.41) is 6.66. The molecule has 1 aliphatic rings. The molecule has 2 heterocycles. The van der Waals surface area contributed by atoms with Crippen molar-refractivity contribution >= 4 is 12.0 Å². The molecule has 0 bridgehead atoms. The van der Waals surface area contributed by atoms with Crippen LogP contribution in [0.5, 0.6) is 0 Å². The van der Waals surface area contributed by atoms with Crippen molar-refractivity contribution in [3.05, 3.63) is 24.0 Å². The van der Waals surface area contributed by atoms with Crippen LogP contribution in [0.4, 0.5) is 4.79 Å². The van der Waals surface area contributed by atoms with Crippen molar-refractivity contribution in [1.82, 2.24) is 20.4 Å². The Morgan fingerprint density at radius 1 is 1.31 bits per heavy atom. The van der Waals surface area contributed by atoms with Gasteiger partial charge in [0, 0.05) is 11.6 Å². The van der Waals surface area contributed by atoms with Gasteiger partial charge in [-0.2, -0.15) is 4.98 Å². The van der Waals surface area contributed by atoms with Gasteiger partial charge in [0.2, 0.25) is 11.8 Å². The SMILES string of the molecule is CC(C)(C)OC(=O)N1C=CCCC1C(=O)NCc1noc(C(C)(C)C)n1. The molecule has 1 unspecified atom stereocenters. The second-order valence-corrected chi connectivity index (χ2v) is 8.35. The lowest BCUT2D eigenvalue weighted by Crippen LogP contribution is -2.49. The van der Waals surface area contributed by atoms with Gasteiger partial charge in [0.25, 0.3) is 0 Å². The van der Waals surface area contributed by atoms with E-state index in [1.54, 1.807) is 27.0 Å². The molecule has 1 aliphatic heterocycles. The number of hydrogen-bond donors (Lipinski definition) is 1. The van der Waals surface area contributed by atoms with E-state index in [2.05, 4.69) is 15.5 Å². The van der Waals surface area contributed by atoms with Crippen LogP contribution in [-0.2, 0) is 21.5 Å². The maximum atomic E-state index is 12.6. The zero-order chi connectivity index (χ0) is 19.5. The van der Waals surface area contributed by atoms with E-state index in [9.17, 15) is 9.59 Å². The second kappa shape index (κ2) is 7.47. The van der Waals surface area contributed by atoms with Gasteiger partial charge in [-0.05, 0) is 33.6 Å². The molecule has 1 atom stereocenters. The Morgan fingerprint density at radius 3 is 2.58 bits per heavy atom. The van der Waals surface area contributed by atoms with E-state index < -0.39 is 17.7 Å². The maximum absolute atomic E-state index is 12.6. The molecule has 144 valence electrons. The van der Waals surface area contributed by atoms with E-state index in [1.165, 1.54) is 4.90 Å². The largest absolute Gasteiger partial charge is 0.443 e. The lowest BCUT2D eigenvalue weighted by atomic mass is 9.97. The van der Waals surface area contributed by atoms with Crippen LogP contribution in [0.2, 0.25) is 0 Å². The Morgan fingerprint density at radius 2 is 2.00 bits per heavy atom. The third-order valence-electron chi connectivity index (χ3n) is 3.65. The number of aromatic nitrogens is 2. The fraction of sp³-hybridized carbons (Fsp3) is 0.667. The molecule has 0 spiro atoms. The fourth-order valence-electron chi connectivity index (χ4n) is 2.36. The highest BCUT2D eigenvalue weighted by atomic mass is 16.6. The van der Waals surface area contributed by atoms with Gasteiger partial charge in [-0.3, -0.25) is 9.69 Å². The molecular weight excluding hydrogens is 336 g/mol. The van der Waals surface area contributed by atoms with Gasteiger partial charge in [-0.15, -0.1) is 0 Å². The standard InChI is InChI=1S/C18H28N4O4/c1-17(2,3)15-20-13(21-26-15)11-19-14(23)12-9-7-8-10-22(12)16(24)25-18(4,5)6/h8,10,12H,7,9,11H2,1-6H3,(H,19,23). The number of rotatable bonds is 3. The molecule has 2 amide bonds. The number of ether oxygens (including phenoxy) is 1. The van der Waals surface area contributed by atoms with Crippen molar-refractivity contribution in [3.8, 4) is 0 Å². The van der Waals surface area contributed by atoms with Gasteiger partial charge >= 0.3 is 6.09 Å². The Bertz CT molecular complexity index is 682. The normalized spacial score (nSPS) is 17.9. The van der Waals surface area contributed by atoms with E-state index in [0.717, 1.165) is 0 Å². The molecule has 8 heteroatoms. The molecule has 0 saturated carbocycles. The average molecular weight is 364 g/mol. The Balaban J connectivity index is 1.99. The summed E-state index contributed by atoms with van der Waals surface area (Å²) < 4.78 is 10.6. The first kappa shape index (κ1) is 19.9. The Labute approximate surface area is 154 Å². The summed E-state index contributed by atoms with van der Waals surface area (Å²) >= 11 is 0. The summed E-state index contributed by atoms with van der Waals surface area (Å²) in [6.07, 6.45) is 4.16. The molecule has 2 rings (SSSR count). The van der Waals surface area contributed by atoms with Crippen LogP contribution in [-0.4, -0.2) is 38.7 Å². The number of amides is 2. The van der Waals surface area contributed by atoms with Crippen molar-refractivity contribution in [2.75, 3.05) is 0 Å². The summed E-state index contributed by atoms with van der Waals surface area (Å²) in [6, 6.07) is -0.621. The molecule has 1 aromatic heterocycles. The number of nitrogens with zero attached hydrogens (tertiary/aromatic N) is 3. The molecular formula is C18H28N4O4. The van der Waals surface area contributed by atoms with Crippen molar-refractivity contribution in [3.63, 3.8) is 0 Å². The monoisotopic (exact) mass is 364 g/mol. The quantitative estimate of drug-likeness (QED) is 0.885. The van der Waals surface area contributed by atoms with Crippen molar-refractivity contribution in [2.45, 2.75) is 78.0 Å². The molecule has 0 fully saturated rings. The van der Waals surface area contributed by atoms with Crippen molar-refractivity contribution in [1.29, 1.82) is 0 Å². The number of carbonyl (C=O) groups excluding carboxylic acids is 2. The molecule has 8 nitrogen and oxygen atoms in total. The van der Waals surface area contributed by atoms with Crippen LogP contribution >= 0.6 is 0 Å². The van der Waals surface area contributed by atoms with E-state index in [4.69, 9.17) is 9.26 Å². The lowest BCUT2D eigenvalue weighted by molar-refractivity contribution is -0.126. The molecule has 1 aromatic rings. The number of allylic oxidation sites excluding steroid dienone is 1. The van der Waals surface area contributed by atoms with Crippen molar-refractivity contribution in [2.24, 2.45) is 0 Å². The minimum Gasteiger partial charge on any atom is -0.443 e. The predicted octanol–water partition coefficient (Wildman–Crippen LogP) is 2.90. The molecule has 1 N–H and O–H groups in total. The summed E-state index contributed by atoms with van der Waals surface area (Å²) in [6.45, 7) is 11.4. The highest BCUT2D eigenvalue weighted by Gasteiger charge is 2.33. The van der Waals surface area contributed by atoms with Crippen LogP contribution in [0.25, 0.3) is 0 Å². The van der Waals surface area contributed by atoms with Gasteiger partial charge in [0.1, 0.15) is 11.6 Å². The van der Waals surface area contributed by atoms with Crippen LogP contribution in [0.1, 0.15) is 66.1 Å². The van der Waals surface area contributed by atoms with Gasteiger partial charge < -0.3 is 14.6 Å². The maximum Gasteiger partial charge on any atom is 0.415 e. The fourth-order valence-corrected chi connectivity index (χ4v) is 2.36. The molecule has 0 radical (unpaired) electrons. The van der Waals surface area contributed by atoms with Crippen LogP contribution < -0.4 is 5.32 Å². The Hall–Kier alpha value is -2.38. The smallest absolute Gasteiger partial charge is 0.415 e. The summed E-state index contributed by atoms with van der Waals surface area (Å²) in [5.41, 5.74) is -0.881. The van der Waals surface area contributed by atoms with Crippen LogP contribution in [0.15, 0.2) is 16.8 Å². The highest BCUT2D eigenvalue weighted by Crippen LogP contribution is 2.21. The number of carbonyl (C=O) groups is 2. The van der Waals surface area contributed by atoms with Crippen LogP contribution in [0.3, 0.4) is 0 Å². The molecule has 0 aromatic carbocycles. The van der Waals surface area contributed by atoms with Gasteiger partial charge in [-0.1, -0.05) is 32.0 Å². The second-order valence-electron chi connectivity index (χ2n) is 8.35. The zero-order valence-corrected chi connectivity index (χ0v) is 16.3. The third kappa shape index (κ3) is 5.31. The molecule has 0 aliphatic carbocycles. The number of hydrogen-bond acceptors (Lipinski definition) is 6. The van der Waals surface area contributed by atoms with Gasteiger partial charge in [0.05, 0.1) is 6.54 Å². The summed E-state index contributed by atoms with van der Waals surface area (Å²) in [4.78, 5) is 30.5. The predicted molar refractivity (Wildman–Crippen MR) is 95.1 cm³/mol. The minimum atomic E-state index is -0.628. The first-order valence-electron chi connectivity index (χ1n) is 8.76. The Kier molecular flexibility index (Phi) is 5.73. The van der Waals surface area contributed by atoms with E-state index >= 15 is 0 Å². The summed E-state index contributed by atoms with van der Waals surface area (Å²) in [5.74, 6) is 0.637. The highest BCUT2D eigenvalue weighted by molar-refractivity contribution is 5.86. The van der Waals surface area contributed by atoms with E-state index in [-0.39, 0.29) is 17.9 Å². The minimum absolute atomic E-state index is 0.140. The van der Waals surface area contributed by atoms with Gasteiger partial charge in [-0.25, -0.2) is 4.79 Å². The van der Waals surface area contributed by atoms with Gasteiger partial charge in [0.15, 0.2) is 5.82 Å². The van der Waals surface area contributed by atoms with E-state index in [1.807, 2.05) is 26.8 Å². The van der Waals surface area contributed by atoms with Crippen LogP contribution in [0, 0.1) is 0 Å². The summed E-state index contributed by atoms with van der Waals surface area (Å²) in [7, 11) is 0. The first-order valence-corrected chi connectivity index (χ1v) is 8.76. The average Bonchev–Trinajstić information content (AvgIpc) is 3.00. The lowest BCUT2D eigenvalue weighted by Gasteiger charge is -2.32. The molecule has 26 heavy (non-hydrogen) atoms.